The highest BCUT2D eigenvalue weighted by atomic mass is 32.1. The number of carbonyl (C=O) groups excluding carboxylic acids is 2. The summed E-state index contributed by atoms with van der Waals surface area (Å²) in [6.07, 6.45) is 4.42. The lowest BCUT2D eigenvalue weighted by molar-refractivity contribution is 0.0517. The second-order valence-electron chi connectivity index (χ2n) is 5.09. The van der Waals surface area contributed by atoms with Crippen LogP contribution in [0.15, 0.2) is 0 Å². The predicted molar refractivity (Wildman–Crippen MR) is 78.6 cm³/mol. The molecule has 0 spiro atoms. The topological polar surface area (TPSA) is 68.3 Å². The standard InChI is InChI=1S/C14H20N2O3S/c1-4-14(7-6-8-14)16-13-15-10(12(18)19-5-2)11(20-13)9(3)17/h4-8H2,1-3H3,(H,15,16). The van der Waals surface area contributed by atoms with E-state index >= 15 is 0 Å². The number of nitrogens with one attached hydrogen (secondary N) is 1. The first-order valence-corrected chi connectivity index (χ1v) is 7.80. The van der Waals surface area contributed by atoms with Crippen LogP contribution < -0.4 is 5.32 Å². The fourth-order valence-electron chi connectivity index (χ4n) is 2.35. The average Bonchev–Trinajstić information content (AvgIpc) is 2.78. The summed E-state index contributed by atoms with van der Waals surface area (Å²) in [7, 11) is 0. The van der Waals surface area contributed by atoms with Gasteiger partial charge in [0, 0.05) is 12.5 Å². The summed E-state index contributed by atoms with van der Waals surface area (Å²) in [5, 5.41) is 4.04. The van der Waals surface area contributed by atoms with Gasteiger partial charge < -0.3 is 10.1 Å². The molecule has 6 heteroatoms. The molecule has 0 bridgehead atoms. The number of nitrogens with zero attached hydrogens (tertiary/aromatic N) is 1. The zero-order valence-electron chi connectivity index (χ0n) is 12.1. The van der Waals surface area contributed by atoms with Crippen molar-refractivity contribution in [3.05, 3.63) is 10.6 Å². The van der Waals surface area contributed by atoms with E-state index in [9.17, 15) is 9.59 Å². The van der Waals surface area contributed by atoms with Crippen LogP contribution in [0.5, 0.6) is 0 Å². The zero-order chi connectivity index (χ0) is 14.8. The molecule has 0 atom stereocenters. The molecule has 110 valence electrons. The van der Waals surface area contributed by atoms with Crippen molar-refractivity contribution in [1.29, 1.82) is 0 Å². The first-order valence-electron chi connectivity index (χ1n) is 6.98. The van der Waals surface area contributed by atoms with Gasteiger partial charge in [-0.15, -0.1) is 0 Å². The first-order chi connectivity index (χ1) is 9.51. The van der Waals surface area contributed by atoms with Crippen LogP contribution in [0.3, 0.4) is 0 Å². The minimum atomic E-state index is -0.527. The molecule has 0 amide bonds. The molecule has 2 rings (SSSR count). The lowest BCUT2D eigenvalue weighted by Gasteiger charge is -2.41. The largest absolute Gasteiger partial charge is 0.461 e. The van der Waals surface area contributed by atoms with Gasteiger partial charge in [0.1, 0.15) is 4.88 Å². The van der Waals surface area contributed by atoms with Crippen LogP contribution in [0.25, 0.3) is 0 Å². The average molecular weight is 296 g/mol. The Hall–Kier alpha value is -1.43. The highest BCUT2D eigenvalue weighted by Gasteiger charge is 2.36. The van der Waals surface area contributed by atoms with Gasteiger partial charge in [0.05, 0.1) is 6.61 Å². The van der Waals surface area contributed by atoms with E-state index in [1.54, 1.807) is 6.92 Å². The van der Waals surface area contributed by atoms with Crippen LogP contribution in [-0.2, 0) is 4.74 Å². The van der Waals surface area contributed by atoms with Crippen LogP contribution in [0, 0.1) is 0 Å². The summed E-state index contributed by atoms with van der Waals surface area (Å²) in [4.78, 5) is 28.1. The maximum atomic E-state index is 11.8. The maximum Gasteiger partial charge on any atom is 0.358 e. The molecule has 1 aliphatic rings. The summed E-state index contributed by atoms with van der Waals surface area (Å²) in [6, 6.07) is 0. The second-order valence-corrected chi connectivity index (χ2v) is 6.08. The van der Waals surface area contributed by atoms with Crippen molar-refractivity contribution in [3.8, 4) is 0 Å². The monoisotopic (exact) mass is 296 g/mol. The Bertz CT molecular complexity index is 515. The maximum absolute atomic E-state index is 11.8. The number of rotatable bonds is 6. The zero-order valence-corrected chi connectivity index (χ0v) is 12.9. The van der Waals surface area contributed by atoms with Gasteiger partial charge in [-0.25, -0.2) is 9.78 Å². The van der Waals surface area contributed by atoms with Crippen molar-refractivity contribution in [2.45, 2.75) is 52.0 Å². The molecule has 1 saturated carbocycles. The fraction of sp³-hybridized carbons (Fsp3) is 0.643. The number of hydrogen-bond donors (Lipinski definition) is 1. The van der Waals surface area contributed by atoms with Gasteiger partial charge in [0.15, 0.2) is 16.6 Å². The van der Waals surface area contributed by atoms with Gasteiger partial charge in [0.25, 0.3) is 0 Å². The normalized spacial score (nSPS) is 16.4. The summed E-state index contributed by atoms with van der Waals surface area (Å²) >= 11 is 1.24. The smallest absolute Gasteiger partial charge is 0.358 e. The number of anilines is 1. The van der Waals surface area contributed by atoms with Gasteiger partial charge in [-0.3, -0.25) is 4.79 Å². The molecule has 5 nitrogen and oxygen atoms in total. The number of aromatic nitrogens is 1. The molecular weight excluding hydrogens is 276 g/mol. The highest BCUT2D eigenvalue weighted by molar-refractivity contribution is 7.17. The predicted octanol–water partition coefficient (Wildman–Crippen LogP) is 3.27. The molecule has 0 aliphatic heterocycles. The van der Waals surface area contributed by atoms with Crippen LogP contribution >= 0.6 is 11.3 Å². The van der Waals surface area contributed by atoms with Gasteiger partial charge in [-0.1, -0.05) is 18.3 Å². The lowest BCUT2D eigenvalue weighted by atomic mass is 9.75. The number of esters is 1. The number of thiazole rings is 1. The van der Waals surface area contributed by atoms with E-state index < -0.39 is 5.97 Å². The third kappa shape index (κ3) is 2.85. The van der Waals surface area contributed by atoms with Crippen LogP contribution in [0.2, 0.25) is 0 Å². The van der Waals surface area contributed by atoms with Crippen LogP contribution in [0.4, 0.5) is 5.13 Å². The second kappa shape index (κ2) is 5.91. The van der Waals surface area contributed by atoms with E-state index in [-0.39, 0.29) is 23.6 Å². The Morgan fingerprint density at radius 3 is 2.55 bits per heavy atom. The Morgan fingerprint density at radius 2 is 2.10 bits per heavy atom. The van der Waals surface area contributed by atoms with Gasteiger partial charge >= 0.3 is 5.97 Å². The Balaban J connectivity index is 2.25. The van der Waals surface area contributed by atoms with E-state index in [0.717, 1.165) is 19.3 Å². The van der Waals surface area contributed by atoms with Gasteiger partial charge in [-0.2, -0.15) is 0 Å². The molecular formula is C14H20N2O3S. The number of hydrogen-bond acceptors (Lipinski definition) is 6. The van der Waals surface area contributed by atoms with E-state index in [1.807, 2.05) is 0 Å². The number of ketones is 1. The van der Waals surface area contributed by atoms with Crippen molar-refractivity contribution in [2.24, 2.45) is 0 Å². The Kier molecular flexibility index (Phi) is 4.42. The van der Waals surface area contributed by atoms with E-state index in [1.165, 1.54) is 24.7 Å². The molecule has 1 aromatic heterocycles. The van der Waals surface area contributed by atoms with Gasteiger partial charge in [0.2, 0.25) is 0 Å². The Labute approximate surface area is 122 Å². The minimum Gasteiger partial charge on any atom is -0.461 e. The number of ether oxygens (including phenoxy) is 1. The molecule has 0 radical (unpaired) electrons. The first kappa shape index (κ1) is 15.0. The van der Waals surface area contributed by atoms with Crippen molar-refractivity contribution in [3.63, 3.8) is 0 Å². The minimum absolute atomic E-state index is 0.0812. The summed E-state index contributed by atoms with van der Waals surface area (Å²) in [5.74, 6) is -0.682. The molecule has 1 heterocycles. The summed E-state index contributed by atoms with van der Waals surface area (Å²) in [5.41, 5.74) is 0.218. The SMILES string of the molecule is CCOC(=O)c1nc(NC2(CC)CCC2)sc1C(C)=O. The van der Waals surface area contributed by atoms with E-state index in [4.69, 9.17) is 4.74 Å². The molecule has 0 aromatic carbocycles. The highest BCUT2D eigenvalue weighted by Crippen LogP contribution is 2.39. The molecule has 1 aliphatic carbocycles. The summed E-state index contributed by atoms with van der Waals surface area (Å²) < 4.78 is 4.95. The molecule has 20 heavy (non-hydrogen) atoms. The van der Waals surface area contributed by atoms with E-state index in [0.29, 0.717) is 10.0 Å². The number of carbonyl (C=O) groups is 2. The summed E-state index contributed by atoms with van der Waals surface area (Å²) in [6.45, 7) is 5.59. The molecule has 0 saturated heterocycles. The number of Topliss-reactive ketones (excluding diaryl/α,β-unsaturated/α-hetero) is 1. The van der Waals surface area contributed by atoms with Crippen LogP contribution in [0.1, 0.15) is 66.6 Å². The van der Waals surface area contributed by atoms with Crippen molar-refractivity contribution in [1.82, 2.24) is 4.98 Å². The quantitative estimate of drug-likeness (QED) is 0.644. The molecule has 0 unspecified atom stereocenters. The molecule has 1 fully saturated rings. The Morgan fingerprint density at radius 1 is 1.40 bits per heavy atom. The van der Waals surface area contributed by atoms with Crippen molar-refractivity contribution in [2.75, 3.05) is 11.9 Å². The van der Waals surface area contributed by atoms with E-state index in [2.05, 4.69) is 17.2 Å². The van der Waals surface area contributed by atoms with Crippen LogP contribution in [-0.4, -0.2) is 28.9 Å². The molecule has 1 N–H and O–H groups in total. The van der Waals surface area contributed by atoms with Crippen molar-refractivity contribution < 1.29 is 14.3 Å². The lowest BCUT2D eigenvalue weighted by Crippen LogP contribution is -2.44. The molecule has 1 aromatic rings. The van der Waals surface area contributed by atoms with Crippen molar-refractivity contribution >= 4 is 28.2 Å². The third-order valence-electron chi connectivity index (χ3n) is 3.78. The fourth-order valence-corrected chi connectivity index (χ4v) is 3.31. The van der Waals surface area contributed by atoms with Gasteiger partial charge in [-0.05, 0) is 32.6 Å². The third-order valence-corrected chi connectivity index (χ3v) is 4.85.